The first-order chi connectivity index (χ1) is 10.7. The van der Waals surface area contributed by atoms with E-state index in [1.165, 1.54) is 34.8 Å². The van der Waals surface area contributed by atoms with E-state index >= 15 is 0 Å². The van der Waals surface area contributed by atoms with E-state index in [-0.39, 0.29) is 5.91 Å². The van der Waals surface area contributed by atoms with Gasteiger partial charge in [-0.05, 0) is 56.4 Å². The largest absolute Gasteiger partial charge is 0.352 e. The van der Waals surface area contributed by atoms with Gasteiger partial charge in [-0.1, -0.05) is 11.6 Å². The first-order valence-corrected chi connectivity index (χ1v) is 8.93. The summed E-state index contributed by atoms with van der Waals surface area (Å²) in [6.45, 7) is 0.672. The smallest absolute Gasteiger partial charge is 0.251 e. The maximum absolute atomic E-state index is 12.0. The number of aryl methyl sites for hydroxylation is 3. The third-order valence-corrected chi connectivity index (χ3v) is 5.32. The summed E-state index contributed by atoms with van der Waals surface area (Å²) in [6, 6.07) is 6.95. The zero-order valence-electron chi connectivity index (χ0n) is 12.4. The Morgan fingerprint density at radius 3 is 2.77 bits per heavy atom. The Kier molecular flexibility index (Phi) is 5.11. The summed E-state index contributed by atoms with van der Waals surface area (Å²) in [5.41, 5.74) is 1.96. The number of carbonyl (C=O) groups excluding carboxylic acids is 1. The molecule has 1 N–H and O–H groups in total. The van der Waals surface area contributed by atoms with Crippen molar-refractivity contribution in [3.63, 3.8) is 0 Å². The number of nitrogens with one attached hydrogen (secondary N) is 1. The van der Waals surface area contributed by atoms with Gasteiger partial charge in [0.05, 0.1) is 10.7 Å². The molecule has 1 aliphatic rings. The molecule has 116 valence electrons. The van der Waals surface area contributed by atoms with Gasteiger partial charge in [0.25, 0.3) is 5.91 Å². The highest BCUT2D eigenvalue weighted by Crippen LogP contribution is 2.27. The Balaban J connectivity index is 1.44. The fourth-order valence-electron chi connectivity index (χ4n) is 2.66. The van der Waals surface area contributed by atoms with Crippen molar-refractivity contribution in [1.29, 1.82) is 0 Å². The number of aromatic nitrogens is 1. The highest BCUT2D eigenvalue weighted by atomic mass is 35.5. The van der Waals surface area contributed by atoms with Crippen LogP contribution in [0.5, 0.6) is 0 Å². The molecule has 1 aromatic heterocycles. The maximum Gasteiger partial charge on any atom is 0.251 e. The van der Waals surface area contributed by atoms with Gasteiger partial charge in [0.1, 0.15) is 0 Å². The van der Waals surface area contributed by atoms with Crippen LogP contribution in [0.25, 0.3) is 0 Å². The minimum atomic E-state index is -0.0462. The molecule has 5 heteroatoms. The van der Waals surface area contributed by atoms with E-state index in [0.29, 0.717) is 17.1 Å². The summed E-state index contributed by atoms with van der Waals surface area (Å²) in [4.78, 5) is 18.2. The standard InChI is InChI=1S/C17H19ClN2OS/c18-13-9-7-12(8-10-13)17(21)19-11-3-6-16-20-14-4-1-2-5-15(14)22-16/h7-10H,1-6,11H2,(H,19,21). The van der Waals surface area contributed by atoms with E-state index in [1.54, 1.807) is 24.3 Å². The summed E-state index contributed by atoms with van der Waals surface area (Å²) >= 11 is 7.67. The molecule has 1 aromatic carbocycles. The number of nitrogens with zero attached hydrogens (tertiary/aromatic N) is 1. The number of thiazole rings is 1. The minimum absolute atomic E-state index is 0.0462. The maximum atomic E-state index is 12.0. The Bertz CT molecular complexity index is 628. The van der Waals surface area contributed by atoms with Gasteiger partial charge in [0.2, 0.25) is 0 Å². The third kappa shape index (κ3) is 3.87. The van der Waals surface area contributed by atoms with Crippen LogP contribution in [0, 0.1) is 0 Å². The first-order valence-electron chi connectivity index (χ1n) is 7.73. The average molecular weight is 335 g/mol. The van der Waals surface area contributed by atoms with Gasteiger partial charge < -0.3 is 5.32 Å². The van der Waals surface area contributed by atoms with Crippen molar-refractivity contribution in [2.75, 3.05) is 6.54 Å². The second-order valence-electron chi connectivity index (χ2n) is 5.55. The fraction of sp³-hybridized carbons (Fsp3) is 0.412. The van der Waals surface area contributed by atoms with Crippen molar-refractivity contribution < 1.29 is 4.79 Å². The number of hydrogen-bond acceptors (Lipinski definition) is 3. The van der Waals surface area contributed by atoms with Crippen LogP contribution in [-0.4, -0.2) is 17.4 Å². The van der Waals surface area contributed by atoms with Gasteiger partial charge in [-0.3, -0.25) is 4.79 Å². The summed E-state index contributed by atoms with van der Waals surface area (Å²) in [5, 5.41) is 4.80. The molecule has 1 aliphatic carbocycles. The Morgan fingerprint density at radius 2 is 2.00 bits per heavy atom. The number of rotatable bonds is 5. The Labute approximate surface area is 139 Å². The van der Waals surface area contributed by atoms with Gasteiger partial charge in [-0.2, -0.15) is 0 Å². The quantitative estimate of drug-likeness (QED) is 0.838. The van der Waals surface area contributed by atoms with E-state index in [4.69, 9.17) is 16.6 Å². The lowest BCUT2D eigenvalue weighted by atomic mass is 10.0. The van der Waals surface area contributed by atoms with Crippen LogP contribution < -0.4 is 5.32 Å². The molecule has 0 unspecified atom stereocenters. The Hall–Kier alpha value is -1.39. The molecule has 0 aliphatic heterocycles. The van der Waals surface area contributed by atoms with Crippen molar-refractivity contribution in [2.45, 2.75) is 38.5 Å². The van der Waals surface area contributed by atoms with Crippen molar-refractivity contribution in [3.05, 3.63) is 50.4 Å². The van der Waals surface area contributed by atoms with Crippen LogP contribution in [0.3, 0.4) is 0 Å². The summed E-state index contributed by atoms with van der Waals surface area (Å²) < 4.78 is 0. The third-order valence-electron chi connectivity index (χ3n) is 3.85. The molecule has 0 spiro atoms. The molecule has 3 rings (SSSR count). The van der Waals surface area contributed by atoms with E-state index in [9.17, 15) is 4.79 Å². The molecule has 0 bridgehead atoms. The molecule has 0 atom stereocenters. The molecule has 22 heavy (non-hydrogen) atoms. The second kappa shape index (κ2) is 7.25. The molecule has 0 fully saturated rings. The van der Waals surface area contributed by atoms with Crippen LogP contribution in [0.4, 0.5) is 0 Å². The van der Waals surface area contributed by atoms with E-state index in [1.807, 2.05) is 11.3 Å². The topological polar surface area (TPSA) is 42.0 Å². The lowest BCUT2D eigenvalue weighted by Crippen LogP contribution is -2.24. The second-order valence-corrected chi connectivity index (χ2v) is 7.16. The number of benzene rings is 1. The number of amides is 1. The zero-order chi connectivity index (χ0) is 15.4. The van der Waals surface area contributed by atoms with Crippen molar-refractivity contribution in [2.24, 2.45) is 0 Å². The molecule has 2 aromatic rings. The van der Waals surface area contributed by atoms with Crippen LogP contribution in [-0.2, 0) is 19.3 Å². The van der Waals surface area contributed by atoms with E-state index in [2.05, 4.69) is 5.32 Å². The zero-order valence-corrected chi connectivity index (χ0v) is 14.0. The molecular weight excluding hydrogens is 316 g/mol. The van der Waals surface area contributed by atoms with Crippen molar-refractivity contribution in [3.8, 4) is 0 Å². The van der Waals surface area contributed by atoms with Crippen LogP contribution in [0.15, 0.2) is 24.3 Å². The van der Waals surface area contributed by atoms with Gasteiger partial charge in [0.15, 0.2) is 0 Å². The van der Waals surface area contributed by atoms with Gasteiger partial charge in [-0.25, -0.2) is 4.98 Å². The normalized spacial score (nSPS) is 13.7. The van der Waals surface area contributed by atoms with Gasteiger partial charge >= 0.3 is 0 Å². The molecule has 3 nitrogen and oxygen atoms in total. The fourth-order valence-corrected chi connectivity index (χ4v) is 3.98. The molecule has 0 radical (unpaired) electrons. The Morgan fingerprint density at radius 1 is 1.23 bits per heavy atom. The molecule has 0 saturated heterocycles. The minimum Gasteiger partial charge on any atom is -0.352 e. The van der Waals surface area contributed by atoms with Gasteiger partial charge in [-0.15, -0.1) is 11.3 Å². The highest BCUT2D eigenvalue weighted by molar-refractivity contribution is 7.11. The van der Waals surface area contributed by atoms with E-state index in [0.717, 1.165) is 19.3 Å². The van der Waals surface area contributed by atoms with Gasteiger partial charge in [0, 0.05) is 28.4 Å². The summed E-state index contributed by atoms with van der Waals surface area (Å²) in [5.74, 6) is -0.0462. The van der Waals surface area contributed by atoms with Crippen LogP contribution >= 0.6 is 22.9 Å². The number of hydrogen-bond donors (Lipinski definition) is 1. The van der Waals surface area contributed by atoms with Crippen LogP contribution in [0.2, 0.25) is 5.02 Å². The van der Waals surface area contributed by atoms with Crippen LogP contribution in [0.1, 0.15) is 45.2 Å². The number of fused-ring (bicyclic) bond motifs is 1. The predicted molar refractivity (Wildman–Crippen MR) is 90.9 cm³/mol. The highest BCUT2D eigenvalue weighted by Gasteiger charge is 2.14. The molecular formula is C17H19ClN2OS. The number of halogens is 1. The first kappa shape index (κ1) is 15.5. The van der Waals surface area contributed by atoms with Crippen molar-refractivity contribution in [1.82, 2.24) is 10.3 Å². The molecule has 1 amide bonds. The molecule has 1 heterocycles. The lowest BCUT2D eigenvalue weighted by Gasteiger charge is -2.06. The average Bonchev–Trinajstić information content (AvgIpc) is 2.95. The molecule has 0 saturated carbocycles. The lowest BCUT2D eigenvalue weighted by molar-refractivity contribution is 0.0953. The monoisotopic (exact) mass is 334 g/mol. The van der Waals surface area contributed by atoms with Crippen molar-refractivity contribution >= 4 is 28.8 Å². The SMILES string of the molecule is O=C(NCCCc1nc2c(s1)CCCC2)c1ccc(Cl)cc1. The summed E-state index contributed by atoms with van der Waals surface area (Å²) in [7, 11) is 0. The van der Waals surface area contributed by atoms with E-state index < -0.39 is 0 Å². The number of carbonyl (C=O) groups is 1. The predicted octanol–water partition coefficient (Wildman–Crippen LogP) is 4.04. The summed E-state index contributed by atoms with van der Waals surface area (Å²) in [6.07, 6.45) is 6.77.